The van der Waals surface area contributed by atoms with Gasteiger partial charge in [-0.3, -0.25) is 0 Å². The highest BCUT2D eigenvalue weighted by Gasteiger charge is 2.17. The van der Waals surface area contributed by atoms with Crippen LogP contribution in [0.25, 0.3) is 17.2 Å². The van der Waals surface area contributed by atoms with Crippen molar-refractivity contribution in [3.8, 4) is 11.1 Å². The molecule has 0 bridgehead atoms. The van der Waals surface area contributed by atoms with Crippen LogP contribution >= 0.6 is 12.4 Å². The summed E-state index contributed by atoms with van der Waals surface area (Å²) in [5, 5.41) is 9.31. The van der Waals surface area contributed by atoms with Crippen LogP contribution in [0.4, 0.5) is 5.69 Å². The van der Waals surface area contributed by atoms with Gasteiger partial charge in [0.05, 0.1) is 0 Å². The molecule has 0 fully saturated rings. The summed E-state index contributed by atoms with van der Waals surface area (Å²) in [5.41, 5.74) is 5.99. The van der Waals surface area contributed by atoms with Crippen LogP contribution in [-0.4, -0.2) is 24.7 Å². The first kappa shape index (κ1) is 17.1. The fraction of sp³-hybridized carbons (Fsp3) is 0.211. The minimum Gasteiger partial charge on any atom is -0.478 e. The van der Waals surface area contributed by atoms with Crippen LogP contribution in [-0.2, 0) is 4.79 Å². The largest absolute Gasteiger partial charge is 0.478 e. The first-order chi connectivity index (χ1) is 10.5. The molecule has 120 valence electrons. The number of carboxylic acid groups (broad SMARTS) is 1. The van der Waals surface area contributed by atoms with E-state index in [9.17, 15) is 9.90 Å². The van der Waals surface area contributed by atoms with E-state index in [-0.39, 0.29) is 12.4 Å². The molecule has 0 amide bonds. The summed E-state index contributed by atoms with van der Waals surface area (Å²) in [6.07, 6.45) is 2.36. The Morgan fingerprint density at radius 3 is 2.39 bits per heavy atom. The highest BCUT2D eigenvalue weighted by atomic mass is 35.5. The molecule has 23 heavy (non-hydrogen) atoms. The van der Waals surface area contributed by atoms with Gasteiger partial charge in [0.1, 0.15) is 0 Å². The molecule has 0 saturated carbocycles. The molecule has 2 aromatic carbocycles. The second-order valence-electron chi connectivity index (χ2n) is 5.79. The molecule has 1 aliphatic heterocycles. The van der Waals surface area contributed by atoms with Crippen molar-refractivity contribution in [3.63, 3.8) is 0 Å². The summed E-state index contributed by atoms with van der Waals surface area (Å²) in [6.45, 7) is 2.78. The van der Waals surface area contributed by atoms with Gasteiger partial charge in [0, 0.05) is 24.9 Å². The maximum atomic E-state index is 11.3. The monoisotopic (exact) mass is 329 g/mol. The zero-order valence-corrected chi connectivity index (χ0v) is 14.1. The number of benzene rings is 2. The molecule has 0 radical (unpaired) electrons. The number of aliphatic carboxylic acids is 1. The Bertz CT molecular complexity index is 750. The molecule has 3 nitrogen and oxygen atoms in total. The molecule has 3 rings (SSSR count). The predicted octanol–water partition coefficient (Wildman–Crippen LogP) is 4.39. The number of hydrogen-bond acceptors (Lipinski definition) is 2. The van der Waals surface area contributed by atoms with Crippen LogP contribution in [0.1, 0.15) is 17.5 Å². The van der Waals surface area contributed by atoms with Gasteiger partial charge in [-0.25, -0.2) is 4.79 Å². The van der Waals surface area contributed by atoms with Crippen molar-refractivity contribution in [1.29, 1.82) is 0 Å². The van der Waals surface area contributed by atoms with E-state index in [2.05, 4.69) is 54.3 Å². The van der Waals surface area contributed by atoms with Gasteiger partial charge in [0.2, 0.25) is 0 Å². The first-order valence-corrected chi connectivity index (χ1v) is 7.41. The van der Waals surface area contributed by atoms with Crippen LogP contribution in [0.5, 0.6) is 0 Å². The number of fused-ring (bicyclic) bond motifs is 1. The second-order valence-corrected chi connectivity index (χ2v) is 5.79. The zero-order chi connectivity index (χ0) is 15.7. The zero-order valence-electron chi connectivity index (χ0n) is 13.2. The normalized spacial score (nSPS) is 13.5. The van der Waals surface area contributed by atoms with Gasteiger partial charge >= 0.3 is 5.97 Å². The number of hydrogen-bond donors (Lipinski definition) is 1. The first-order valence-electron chi connectivity index (χ1n) is 7.41. The van der Waals surface area contributed by atoms with Crippen molar-refractivity contribution >= 4 is 30.1 Å². The maximum absolute atomic E-state index is 11.3. The van der Waals surface area contributed by atoms with E-state index in [1.807, 2.05) is 7.05 Å². The molecule has 0 unspecified atom stereocenters. The Kier molecular flexibility index (Phi) is 5.12. The fourth-order valence-electron chi connectivity index (χ4n) is 2.78. The third-order valence-corrected chi connectivity index (χ3v) is 4.14. The molecule has 0 spiro atoms. The van der Waals surface area contributed by atoms with Crippen LogP contribution in [0.2, 0.25) is 0 Å². The standard InChI is InChI=1S/C19H19NO2.ClH/c1-13-3-5-14(6-4-13)15-7-8-18-17(11-15)12-16(19(21)22)9-10-20(18)2;/h3-8,11-12H,9-10H2,1-2H3,(H,21,22);1H. The van der Waals surface area contributed by atoms with Crippen molar-refractivity contribution in [2.24, 2.45) is 0 Å². The summed E-state index contributed by atoms with van der Waals surface area (Å²) in [6, 6.07) is 14.6. The molecular formula is C19H20ClNO2. The van der Waals surface area contributed by atoms with E-state index in [0.717, 1.165) is 28.9 Å². The molecule has 1 aliphatic rings. The Labute approximate surface area is 142 Å². The minimum atomic E-state index is -0.831. The molecule has 0 saturated heterocycles. The lowest BCUT2D eigenvalue weighted by molar-refractivity contribution is -0.132. The van der Waals surface area contributed by atoms with E-state index >= 15 is 0 Å². The molecule has 0 aromatic heterocycles. The molecule has 0 aliphatic carbocycles. The minimum absolute atomic E-state index is 0. The van der Waals surface area contributed by atoms with E-state index in [1.165, 1.54) is 5.56 Å². The van der Waals surface area contributed by atoms with Gasteiger partial charge in [0.25, 0.3) is 0 Å². The molecule has 4 heteroatoms. The van der Waals surface area contributed by atoms with E-state index in [4.69, 9.17) is 0 Å². The van der Waals surface area contributed by atoms with Gasteiger partial charge in [-0.05, 0) is 48.2 Å². The van der Waals surface area contributed by atoms with Crippen LogP contribution in [0.3, 0.4) is 0 Å². The van der Waals surface area contributed by atoms with Gasteiger partial charge in [-0.1, -0.05) is 35.9 Å². The molecule has 1 heterocycles. The number of rotatable bonds is 2. The van der Waals surface area contributed by atoms with Crippen molar-refractivity contribution < 1.29 is 9.90 Å². The topological polar surface area (TPSA) is 40.5 Å². The van der Waals surface area contributed by atoms with Crippen molar-refractivity contribution in [2.45, 2.75) is 13.3 Å². The Morgan fingerprint density at radius 1 is 1.09 bits per heavy atom. The Hall–Kier alpha value is -2.26. The fourth-order valence-corrected chi connectivity index (χ4v) is 2.78. The summed E-state index contributed by atoms with van der Waals surface area (Å²) in [5.74, 6) is -0.831. The van der Waals surface area contributed by atoms with E-state index in [0.29, 0.717) is 12.0 Å². The lowest BCUT2D eigenvalue weighted by atomic mass is 9.99. The average Bonchev–Trinajstić information content (AvgIpc) is 2.67. The summed E-state index contributed by atoms with van der Waals surface area (Å²) < 4.78 is 0. The van der Waals surface area contributed by atoms with E-state index in [1.54, 1.807) is 6.08 Å². The van der Waals surface area contributed by atoms with Crippen molar-refractivity contribution in [1.82, 2.24) is 0 Å². The number of carbonyl (C=O) groups is 1. The Balaban J connectivity index is 0.00000192. The SMILES string of the molecule is Cc1ccc(-c2ccc3c(c2)C=C(C(=O)O)CCN3C)cc1.Cl. The average molecular weight is 330 g/mol. The number of nitrogens with zero attached hydrogens (tertiary/aromatic N) is 1. The third-order valence-electron chi connectivity index (χ3n) is 4.14. The van der Waals surface area contributed by atoms with Crippen LogP contribution < -0.4 is 4.90 Å². The molecule has 1 N–H and O–H groups in total. The smallest absolute Gasteiger partial charge is 0.331 e. The summed E-state index contributed by atoms with van der Waals surface area (Å²) in [7, 11) is 2.00. The highest BCUT2D eigenvalue weighted by molar-refractivity contribution is 5.94. The number of carboxylic acids is 1. The third kappa shape index (κ3) is 3.57. The summed E-state index contributed by atoms with van der Waals surface area (Å²) >= 11 is 0. The van der Waals surface area contributed by atoms with Crippen LogP contribution in [0.15, 0.2) is 48.0 Å². The van der Waals surface area contributed by atoms with Crippen LogP contribution in [0, 0.1) is 6.92 Å². The molecule has 0 atom stereocenters. The quantitative estimate of drug-likeness (QED) is 0.888. The molecule has 2 aromatic rings. The Morgan fingerprint density at radius 2 is 1.74 bits per heavy atom. The highest BCUT2D eigenvalue weighted by Crippen LogP contribution is 2.31. The predicted molar refractivity (Wildman–Crippen MR) is 97.4 cm³/mol. The lowest BCUT2D eigenvalue weighted by Crippen LogP contribution is -2.19. The van der Waals surface area contributed by atoms with Gasteiger partial charge in [-0.15, -0.1) is 12.4 Å². The second kappa shape index (κ2) is 6.88. The molecular weight excluding hydrogens is 310 g/mol. The maximum Gasteiger partial charge on any atom is 0.331 e. The van der Waals surface area contributed by atoms with Gasteiger partial charge in [-0.2, -0.15) is 0 Å². The van der Waals surface area contributed by atoms with Crippen molar-refractivity contribution in [3.05, 3.63) is 59.2 Å². The van der Waals surface area contributed by atoms with Gasteiger partial charge < -0.3 is 10.0 Å². The number of aryl methyl sites for hydroxylation is 1. The van der Waals surface area contributed by atoms with Gasteiger partial charge in [0.15, 0.2) is 0 Å². The number of halogens is 1. The lowest BCUT2D eigenvalue weighted by Gasteiger charge is -2.19. The summed E-state index contributed by atoms with van der Waals surface area (Å²) in [4.78, 5) is 13.4. The van der Waals surface area contributed by atoms with Crippen molar-refractivity contribution in [2.75, 3.05) is 18.5 Å². The number of anilines is 1. The van der Waals surface area contributed by atoms with E-state index < -0.39 is 5.97 Å².